The number of anilines is 2. The molecule has 4 rings (SSSR count). The predicted molar refractivity (Wildman–Crippen MR) is 190 cm³/mol. The summed E-state index contributed by atoms with van der Waals surface area (Å²) < 4.78 is 18.7. The lowest BCUT2D eigenvalue weighted by Crippen LogP contribution is -2.42. The van der Waals surface area contributed by atoms with Crippen LogP contribution in [0.3, 0.4) is 0 Å². The minimum atomic E-state index is -0.569. The number of hydrogen-bond donors (Lipinski definition) is 4. The van der Waals surface area contributed by atoms with Gasteiger partial charge >= 0.3 is 5.97 Å². The second kappa shape index (κ2) is 17.1. The van der Waals surface area contributed by atoms with E-state index in [4.69, 9.17) is 29.8 Å². The number of nitrogens with zero attached hydrogens (tertiary/aromatic N) is 3. The van der Waals surface area contributed by atoms with Crippen molar-refractivity contribution in [3.8, 4) is 5.75 Å². The Morgan fingerprint density at radius 3 is 2.39 bits per heavy atom. The zero-order valence-electron chi connectivity index (χ0n) is 30.0. The quantitative estimate of drug-likeness (QED) is 0.101. The number of methoxy groups -OCH3 is 1. The molecular weight excluding hydrogens is 630 g/mol. The molecule has 0 spiro atoms. The van der Waals surface area contributed by atoms with E-state index in [2.05, 4.69) is 37.8 Å². The summed E-state index contributed by atoms with van der Waals surface area (Å²) in [7, 11) is 4.44. The molecular formula is C35H51N7O7. The summed E-state index contributed by atoms with van der Waals surface area (Å²) in [5, 5.41) is 5.48. The zero-order chi connectivity index (χ0) is 36.4. The summed E-state index contributed by atoms with van der Waals surface area (Å²) in [4.78, 5) is 49.3. The molecule has 0 saturated heterocycles. The second-order valence-corrected chi connectivity index (χ2v) is 13.7. The van der Waals surface area contributed by atoms with Gasteiger partial charge in [0, 0.05) is 29.9 Å². The Labute approximate surface area is 288 Å². The highest BCUT2D eigenvalue weighted by atomic mass is 16.6. The van der Waals surface area contributed by atoms with Gasteiger partial charge in [0.25, 0.3) is 0 Å². The number of aromatic nitrogens is 2. The van der Waals surface area contributed by atoms with Crippen LogP contribution in [-0.4, -0.2) is 74.4 Å². The van der Waals surface area contributed by atoms with Crippen LogP contribution in [-0.2, 0) is 28.7 Å². The number of guanidine groups is 1. The average Bonchev–Trinajstić information content (AvgIpc) is 3.38. The monoisotopic (exact) mass is 681 g/mol. The number of imidazole rings is 1. The molecule has 3 heterocycles. The SMILES string of the molecule is CN=C(N)NC(=O)C(C)(C)C.CONc1cc2c3c(c1)nc(NC(=O)C(C)(C)C)n3C(C/C=C/CC1/C=C\C(C(=O)OC)=C/COC1)CO2. The van der Waals surface area contributed by atoms with E-state index in [0.717, 1.165) is 11.9 Å². The van der Waals surface area contributed by atoms with E-state index < -0.39 is 10.8 Å². The van der Waals surface area contributed by atoms with E-state index in [-0.39, 0.29) is 35.7 Å². The van der Waals surface area contributed by atoms with Gasteiger partial charge in [0.1, 0.15) is 17.9 Å². The minimum Gasteiger partial charge on any atom is -0.489 e. The van der Waals surface area contributed by atoms with Gasteiger partial charge in [-0.05, 0) is 25.0 Å². The van der Waals surface area contributed by atoms with Crippen LogP contribution in [0.15, 0.2) is 53.1 Å². The maximum absolute atomic E-state index is 12.8. The van der Waals surface area contributed by atoms with Crippen LogP contribution < -0.4 is 26.6 Å². The van der Waals surface area contributed by atoms with Gasteiger partial charge < -0.3 is 19.9 Å². The van der Waals surface area contributed by atoms with Crippen LogP contribution in [0.25, 0.3) is 11.0 Å². The summed E-state index contributed by atoms with van der Waals surface area (Å²) in [6.07, 6.45) is 11.2. The van der Waals surface area contributed by atoms with Gasteiger partial charge in [-0.15, -0.1) is 0 Å². The van der Waals surface area contributed by atoms with Gasteiger partial charge in [-0.1, -0.05) is 65.8 Å². The van der Waals surface area contributed by atoms with Crippen LogP contribution in [0, 0.1) is 16.7 Å². The van der Waals surface area contributed by atoms with E-state index in [0.29, 0.717) is 54.7 Å². The van der Waals surface area contributed by atoms with Crippen molar-refractivity contribution < 1.29 is 33.4 Å². The Kier molecular flexibility index (Phi) is 13.5. The maximum Gasteiger partial charge on any atom is 0.337 e. The van der Waals surface area contributed by atoms with Crippen LogP contribution in [0.5, 0.6) is 5.75 Å². The number of aliphatic imine (C=N–C) groups is 1. The molecule has 2 amide bonds. The highest BCUT2D eigenvalue weighted by Gasteiger charge is 2.30. The summed E-state index contributed by atoms with van der Waals surface area (Å²) >= 11 is 0. The Morgan fingerprint density at radius 2 is 1.76 bits per heavy atom. The summed E-state index contributed by atoms with van der Waals surface area (Å²) in [6.45, 7) is 12.4. The maximum atomic E-state index is 12.8. The molecule has 14 heteroatoms. The molecule has 0 aliphatic carbocycles. The molecule has 2 aliphatic rings. The molecule has 2 unspecified atom stereocenters. The molecule has 5 N–H and O–H groups in total. The lowest BCUT2D eigenvalue weighted by molar-refractivity contribution is -0.135. The topological polar surface area (TPSA) is 180 Å². The van der Waals surface area contributed by atoms with Crippen molar-refractivity contribution in [3.63, 3.8) is 0 Å². The first-order valence-electron chi connectivity index (χ1n) is 16.1. The molecule has 0 saturated carbocycles. The third-order valence-electron chi connectivity index (χ3n) is 7.57. The molecule has 2 atom stereocenters. The minimum absolute atomic E-state index is 0.0572. The largest absolute Gasteiger partial charge is 0.489 e. The number of ether oxygens (including phenoxy) is 3. The van der Waals surface area contributed by atoms with Gasteiger partial charge in [0.15, 0.2) is 5.96 Å². The Hall–Kier alpha value is -4.69. The van der Waals surface area contributed by atoms with E-state index in [1.54, 1.807) is 19.3 Å². The van der Waals surface area contributed by atoms with Gasteiger partial charge in [-0.3, -0.25) is 40.1 Å². The predicted octanol–water partition coefficient (Wildman–Crippen LogP) is 4.66. The van der Waals surface area contributed by atoms with Crippen molar-refractivity contribution in [2.75, 3.05) is 51.9 Å². The highest BCUT2D eigenvalue weighted by Crippen LogP contribution is 2.39. The van der Waals surface area contributed by atoms with E-state index in [1.165, 1.54) is 14.2 Å². The fourth-order valence-corrected chi connectivity index (χ4v) is 4.68. The van der Waals surface area contributed by atoms with Crippen molar-refractivity contribution in [2.45, 2.75) is 60.4 Å². The molecule has 1 aromatic carbocycles. The molecule has 0 fully saturated rings. The third-order valence-corrected chi connectivity index (χ3v) is 7.57. The number of hydrogen-bond acceptors (Lipinski definition) is 10. The standard InChI is InChI=1S/C28H36N4O6.C7H15N3O/c1-28(2,3)26(34)30-27-29-22-14-20(31-36-5)15-23-24(22)32(27)21(17-38-23)9-7-6-8-18-10-11-19(25(33)35-4)12-13-37-16-18;1-7(2,3)5(11)10-6(8)9-4/h6-7,10-12,14-15,18,21,31H,8-9,13,16-17H2,1-5H3,(H,29,30,34);1-4H3,(H3,8,9,10,11)/b7-6+,11-10-,19-12+;. The molecule has 14 nitrogen and oxygen atoms in total. The van der Waals surface area contributed by atoms with Gasteiger partial charge in [-0.25, -0.2) is 9.78 Å². The first kappa shape index (κ1) is 38.8. The summed E-state index contributed by atoms with van der Waals surface area (Å²) in [5.41, 5.74) is 9.87. The van der Waals surface area contributed by atoms with Gasteiger partial charge in [0.2, 0.25) is 17.8 Å². The van der Waals surface area contributed by atoms with Gasteiger partial charge in [-0.2, -0.15) is 0 Å². The molecule has 1 aromatic heterocycles. The molecule has 2 aromatic rings. The summed E-state index contributed by atoms with van der Waals surface area (Å²) in [5.74, 6) is 0.859. The van der Waals surface area contributed by atoms with E-state index in [1.807, 2.05) is 59.8 Å². The van der Waals surface area contributed by atoms with Crippen molar-refractivity contribution in [1.82, 2.24) is 14.9 Å². The fourth-order valence-electron chi connectivity index (χ4n) is 4.68. The van der Waals surface area contributed by atoms with E-state index in [9.17, 15) is 14.4 Å². The van der Waals surface area contributed by atoms with Crippen molar-refractivity contribution in [2.24, 2.45) is 27.5 Å². The first-order chi connectivity index (χ1) is 23.1. The molecule has 0 bridgehead atoms. The second-order valence-electron chi connectivity index (χ2n) is 13.7. The number of rotatable bonds is 8. The van der Waals surface area contributed by atoms with Crippen molar-refractivity contribution in [1.29, 1.82) is 0 Å². The number of carbonyl (C=O) groups excluding carboxylic acids is 3. The number of nitrogens with one attached hydrogen (secondary N) is 3. The number of amides is 2. The molecule has 0 radical (unpaired) electrons. The first-order valence-corrected chi connectivity index (χ1v) is 16.1. The van der Waals surface area contributed by atoms with Crippen LogP contribution in [0.1, 0.15) is 60.4 Å². The average molecular weight is 682 g/mol. The smallest absolute Gasteiger partial charge is 0.337 e. The summed E-state index contributed by atoms with van der Waals surface area (Å²) in [6, 6.07) is 3.67. The zero-order valence-corrected chi connectivity index (χ0v) is 30.0. The molecule has 49 heavy (non-hydrogen) atoms. The van der Waals surface area contributed by atoms with Crippen molar-refractivity contribution >= 4 is 46.4 Å². The number of benzene rings is 1. The third kappa shape index (κ3) is 10.9. The van der Waals surface area contributed by atoms with E-state index >= 15 is 0 Å². The molecule has 268 valence electrons. The number of carbonyl (C=O) groups is 3. The van der Waals surface area contributed by atoms with Crippen LogP contribution in [0.4, 0.5) is 11.6 Å². The van der Waals surface area contributed by atoms with Crippen LogP contribution in [0.2, 0.25) is 0 Å². The highest BCUT2D eigenvalue weighted by molar-refractivity contribution is 5.98. The lowest BCUT2D eigenvalue weighted by Gasteiger charge is -2.27. The number of allylic oxidation sites excluding steroid dienone is 2. The Balaban J connectivity index is 0.000000509. The Morgan fingerprint density at radius 1 is 1.06 bits per heavy atom. The fraction of sp³-hybridized carbons (Fsp3) is 0.514. The van der Waals surface area contributed by atoms with Gasteiger partial charge in [0.05, 0.1) is 50.3 Å². The lowest BCUT2D eigenvalue weighted by atomic mass is 9.96. The number of esters is 1. The normalized spacial score (nSPS) is 19.7. The molecule has 2 aliphatic heterocycles. The number of nitrogens with two attached hydrogens (primary N) is 1. The van der Waals surface area contributed by atoms with Crippen LogP contribution >= 0.6 is 0 Å². The van der Waals surface area contributed by atoms with Crippen molar-refractivity contribution in [3.05, 3.63) is 48.1 Å². The Bertz CT molecular complexity index is 1610.